The minimum atomic E-state index is -0.326. The van der Waals surface area contributed by atoms with E-state index in [2.05, 4.69) is 51.3 Å². The molecule has 2 aromatic rings. The van der Waals surface area contributed by atoms with Crippen LogP contribution >= 0.6 is 0 Å². The predicted molar refractivity (Wildman–Crippen MR) is 124 cm³/mol. The average Bonchev–Trinajstić information content (AvgIpc) is 3.31. The second-order valence-corrected chi connectivity index (χ2v) is 8.47. The van der Waals surface area contributed by atoms with Gasteiger partial charge in [-0.2, -0.15) is 0 Å². The number of hydrogen-bond donors (Lipinski definition) is 3. The Morgan fingerprint density at radius 1 is 1.10 bits per heavy atom. The van der Waals surface area contributed by atoms with Gasteiger partial charge in [-0.1, -0.05) is 48.9 Å². The Morgan fingerprint density at radius 3 is 2.61 bits per heavy atom. The number of guanidine groups is 1. The molecule has 0 spiro atoms. The number of carbonyl (C=O) groups is 1. The fraction of sp³-hybridized carbons (Fsp3) is 0.440. The molecule has 1 heterocycles. The molecule has 1 atom stereocenters. The third-order valence-electron chi connectivity index (χ3n) is 6.39. The fourth-order valence-corrected chi connectivity index (χ4v) is 4.39. The quantitative estimate of drug-likeness (QED) is 0.473. The number of anilines is 1. The molecular weight excluding hydrogens is 388 g/mol. The Hall–Kier alpha value is -2.86. The first-order valence-corrected chi connectivity index (χ1v) is 11.2. The number of benzene rings is 2. The van der Waals surface area contributed by atoms with E-state index >= 15 is 0 Å². The van der Waals surface area contributed by atoms with E-state index in [4.69, 9.17) is 4.74 Å². The average molecular weight is 421 g/mol. The lowest BCUT2D eigenvalue weighted by Gasteiger charge is -2.43. The van der Waals surface area contributed by atoms with E-state index in [1.807, 2.05) is 24.3 Å². The van der Waals surface area contributed by atoms with Crippen LogP contribution in [0.4, 0.5) is 5.69 Å². The van der Waals surface area contributed by atoms with Crippen molar-refractivity contribution in [3.05, 3.63) is 65.7 Å². The summed E-state index contributed by atoms with van der Waals surface area (Å²) in [6, 6.07) is 18.7. The highest BCUT2D eigenvalue weighted by atomic mass is 16.5. The first-order valence-electron chi connectivity index (χ1n) is 11.2. The second-order valence-electron chi connectivity index (χ2n) is 8.47. The maximum atomic E-state index is 12.3. The smallest absolute Gasteiger partial charge is 0.253 e. The lowest BCUT2D eigenvalue weighted by molar-refractivity contribution is -0.124. The van der Waals surface area contributed by atoms with Gasteiger partial charge in [0.2, 0.25) is 0 Å². The summed E-state index contributed by atoms with van der Waals surface area (Å²) < 4.78 is 5.46. The summed E-state index contributed by atoms with van der Waals surface area (Å²) in [6.07, 6.45) is 5.08. The van der Waals surface area contributed by atoms with Gasteiger partial charge >= 0.3 is 0 Å². The zero-order valence-corrected chi connectivity index (χ0v) is 18.2. The molecule has 1 unspecified atom stereocenters. The van der Waals surface area contributed by atoms with Gasteiger partial charge in [-0.05, 0) is 48.9 Å². The Bertz CT molecular complexity index is 903. The highest BCUT2D eigenvalue weighted by molar-refractivity contribution is 5.94. The van der Waals surface area contributed by atoms with Crippen LogP contribution in [0.15, 0.2) is 59.6 Å². The van der Waals surface area contributed by atoms with Crippen molar-refractivity contribution >= 4 is 17.6 Å². The first-order chi connectivity index (χ1) is 15.2. The van der Waals surface area contributed by atoms with Gasteiger partial charge in [0.15, 0.2) is 5.96 Å². The Balaban J connectivity index is 1.30. The molecule has 31 heavy (non-hydrogen) atoms. The van der Waals surface area contributed by atoms with E-state index in [0.717, 1.165) is 36.6 Å². The number of ether oxygens (including phenoxy) is 1. The van der Waals surface area contributed by atoms with Gasteiger partial charge in [-0.25, -0.2) is 0 Å². The largest absolute Gasteiger partial charge is 0.368 e. The summed E-state index contributed by atoms with van der Waals surface area (Å²) in [7, 11) is 1.80. The minimum absolute atomic E-state index is 0.0632. The lowest BCUT2D eigenvalue weighted by atomic mass is 9.64. The van der Waals surface area contributed by atoms with Crippen LogP contribution in [0.5, 0.6) is 0 Å². The van der Waals surface area contributed by atoms with E-state index < -0.39 is 0 Å². The number of amides is 1. The highest BCUT2D eigenvalue weighted by Gasteiger charge is 2.38. The molecule has 6 heteroatoms. The van der Waals surface area contributed by atoms with Crippen molar-refractivity contribution in [1.29, 1.82) is 0 Å². The van der Waals surface area contributed by atoms with E-state index in [9.17, 15) is 4.79 Å². The molecule has 2 aliphatic rings. The van der Waals surface area contributed by atoms with Crippen LogP contribution in [-0.4, -0.2) is 38.2 Å². The molecule has 1 amide bonds. The van der Waals surface area contributed by atoms with Crippen molar-refractivity contribution in [2.75, 3.05) is 25.5 Å². The standard InChI is InChI=1S/C25H32N4O2/c1-26-24(28-18-25(13-7-14-25)20-9-3-2-4-10-20)27-17-19-8-5-11-21(16-19)29-23(30)22-12-6-15-31-22/h2-5,8-11,16,22H,6-7,12-15,17-18H2,1H3,(H,29,30)(H2,26,27,28). The van der Waals surface area contributed by atoms with Gasteiger partial charge in [-0.3, -0.25) is 9.79 Å². The molecule has 1 saturated carbocycles. The minimum Gasteiger partial charge on any atom is -0.368 e. The molecule has 0 aromatic heterocycles. The number of nitrogens with zero attached hydrogens (tertiary/aromatic N) is 1. The summed E-state index contributed by atoms with van der Waals surface area (Å²) in [4.78, 5) is 16.7. The molecule has 2 fully saturated rings. The molecule has 6 nitrogen and oxygen atoms in total. The maximum absolute atomic E-state index is 12.3. The molecule has 0 bridgehead atoms. The molecule has 1 aliphatic heterocycles. The number of aliphatic imine (C=N–C) groups is 1. The van der Waals surface area contributed by atoms with Crippen LogP contribution in [0.25, 0.3) is 0 Å². The predicted octanol–water partition coefficient (Wildman–Crippen LogP) is 3.59. The number of nitrogens with one attached hydrogen (secondary N) is 3. The van der Waals surface area contributed by atoms with Crippen LogP contribution in [0.3, 0.4) is 0 Å². The van der Waals surface area contributed by atoms with Crippen molar-refractivity contribution in [3.63, 3.8) is 0 Å². The Labute approximate surface area is 184 Å². The summed E-state index contributed by atoms with van der Waals surface area (Å²) in [5.74, 6) is 0.725. The lowest BCUT2D eigenvalue weighted by Crippen LogP contribution is -2.48. The van der Waals surface area contributed by atoms with Crippen molar-refractivity contribution < 1.29 is 9.53 Å². The van der Waals surface area contributed by atoms with Crippen molar-refractivity contribution in [1.82, 2.24) is 10.6 Å². The van der Waals surface area contributed by atoms with Crippen LogP contribution < -0.4 is 16.0 Å². The van der Waals surface area contributed by atoms with Crippen molar-refractivity contribution in [2.24, 2.45) is 4.99 Å². The zero-order valence-electron chi connectivity index (χ0n) is 18.2. The summed E-state index contributed by atoms with van der Waals surface area (Å²) in [5.41, 5.74) is 3.47. The number of hydrogen-bond acceptors (Lipinski definition) is 3. The second kappa shape index (κ2) is 9.96. The molecule has 3 N–H and O–H groups in total. The van der Waals surface area contributed by atoms with Gasteiger partial charge in [0.1, 0.15) is 6.10 Å². The van der Waals surface area contributed by atoms with Gasteiger partial charge in [0.05, 0.1) is 0 Å². The third-order valence-corrected chi connectivity index (χ3v) is 6.39. The van der Waals surface area contributed by atoms with Gasteiger partial charge in [-0.15, -0.1) is 0 Å². The molecule has 0 radical (unpaired) electrons. The van der Waals surface area contributed by atoms with Crippen LogP contribution in [0.1, 0.15) is 43.2 Å². The zero-order chi connectivity index (χ0) is 21.5. The van der Waals surface area contributed by atoms with Crippen LogP contribution in [0.2, 0.25) is 0 Å². The topological polar surface area (TPSA) is 74.8 Å². The summed E-state index contributed by atoms with van der Waals surface area (Å²) >= 11 is 0. The maximum Gasteiger partial charge on any atom is 0.253 e. The van der Waals surface area contributed by atoms with Crippen molar-refractivity contribution in [2.45, 2.75) is 50.2 Å². The molecule has 2 aromatic carbocycles. The van der Waals surface area contributed by atoms with Gasteiger partial charge < -0.3 is 20.7 Å². The van der Waals surface area contributed by atoms with Gasteiger partial charge in [0, 0.05) is 37.8 Å². The monoisotopic (exact) mass is 420 g/mol. The summed E-state index contributed by atoms with van der Waals surface area (Å²) in [5, 5.41) is 9.88. The van der Waals surface area contributed by atoms with E-state index in [-0.39, 0.29) is 17.4 Å². The SMILES string of the molecule is CN=C(NCc1cccc(NC(=O)C2CCCO2)c1)NCC1(c2ccccc2)CCC1. The Morgan fingerprint density at radius 2 is 1.94 bits per heavy atom. The fourth-order valence-electron chi connectivity index (χ4n) is 4.39. The molecule has 4 rings (SSSR count). The highest BCUT2D eigenvalue weighted by Crippen LogP contribution is 2.43. The number of carbonyl (C=O) groups excluding carboxylic acids is 1. The van der Waals surface area contributed by atoms with E-state index in [0.29, 0.717) is 13.2 Å². The molecule has 1 aliphatic carbocycles. The summed E-state index contributed by atoms with van der Waals surface area (Å²) in [6.45, 7) is 2.16. The molecular formula is C25H32N4O2. The Kier molecular flexibility index (Phi) is 6.87. The van der Waals surface area contributed by atoms with Crippen LogP contribution in [-0.2, 0) is 21.5 Å². The van der Waals surface area contributed by atoms with E-state index in [1.165, 1.54) is 24.8 Å². The van der Waals surface area contributed by atoms with E-state index in [1.54, 1.807) is 7.05 Å². The molecule has 1 saturated heterocycles. The molecule has 164 valence electrons. The number of rotatable bonds is 7. The van der Waals surface area contributed by atoms with Crippen molar-refractivity contribution in [3.8, 4) is 0 Å². The normalized spacial score (nSPS) is 20.0. The van der Waals surface area contributed by atoms with Crippen LogP contribution in [0, 0.1) is 0 Å². The van der Waals surface area contributed by atoms with Gasteiger partial charge in [0.25, 0.3) is 5.91 Å². The first kappa shape index (κ1) is 21.4. The third kappa shape index (κ3) is 5.25.